The van der Waals surface area contributed by atoms with Crippen LogP contribution in [0.3, 0.4) is 0 Å². The van der Waals surface area contributed by atoms with Gasteiger partial charge in [0, 0.05) is 19.5 Å². The first-order valence-electron chi connectivity index (χ1n) is 8.29. The van der Waals surface area contributed by atoms with Crippen molar-refractivity contribution in [3.63, 3.8) is 0 Å². The van der Waals surface area contributed by atoms with E-state index in [1.807, 2.05) is 0 Å². The molecule has 1 aromatic carbocycles. The monoisotopic (exact) mass is 392 g/mol. The van der Waals surface area contributed by atoms with Crippen molar-refractivity contribution in [2.24, 2.45) is 0 Å². The largest absolute Gasteiger partial charge is 0.338 e. The standard InChI is InChI=1S/C17H18N4O5.H2S/c1-2-18-17(26)19-8-9-4-3-5-10-13(9)16(25)21(15(10)24)11-6-7-12(22)20-14(11)23;/h3-5,11H,2,6-8H2,1H3,(H2,18,19,26)(H,20,22,23);1H2/t11-;/m0./s1. The van der Waals surface area contributed by atoms with Crippen LogP contribution in [0.15, 0.2) is 18.2 Å². The number of carbonyl (C=O) groups excluding carboxylic acids is 5. The van der Waals surface area contributed by atoms with Crippen molar-refractivity contribution < 1.29 is 24.0 Å². The van der Waals surface area contributed by atoms with Crippen LogP contribution in [0.1, 0.15) is 46.0 Å². The molecule has 1 fully saturated rings. The molecule has 0 saturated carbocycles. The highest BCUT2D eigenvalue weighted by Gasteiger charge is 2.45. The third-order valence-electron chi connectivity index (χ3n) is 4.33. The van der Waals surface area contributed by atoms with Crippen LogP contribution < -0.4 is 16.0 Å². The molecule has 0 spiro atoms. The van der Waals surface area contributed by atoms with E-state index in [1.54, 1.807) is 19.1 Å². The zero-order chi connectivity index (χ0) is 18.8. The number of nitrogens with one attached hydrogen (secondary N) is 3. The lowest BCUT2D eigenvalue weighted by molar-refractivity contribution is -0.136. The molecule has 144 valence electrons. The molecule has 10 heteroatoms. The first-order chi connectivity index (χ1) is 12.4. The molecule has 3 N–H and O–H groups in total. The molecule has 1 aromatic rings. The Kier molecular flexibility index (Phi) is 6.21. The van der Waals surface area contributed by atoms with Gasteiger partial charge in [-0.3, -0.25) is 29.4 Å². The summed E-state index contributed by atoms with van der Waals surface area (Å²) in [5, 5.41) is 7.35. The molecule has 2 aliphatic heterocycles. The molecule has 9 nitrogen and oxygen atoms in total. The van der Waals surface area contributed by atoms with E-state index < -0.39 is 29.7 Å². The Labute approximate surface area is 162 Å². The summed E-state index contributed by atoms with van der Waals surface area (Å²) in [6.45, 7) is 2.30. The Morgan fingerprint density at radius 1 is 1.19 bits per heavy atom. The van der Waals surface area contributed by atoms with E-state index in [4.69, 9.17) is 0 Å². The van der Waals surface area contributed by atoms with Gasteiger partial charge in [-0.1, -0.05) is 12.1 Å². The maximum Gasteiger partial charge on any atom is 0.315 e. The molecule has 2 heterocycles. The first-order valence-corrected chi connectivity index (χ1v) is 8.29. The predicted molar refractivity (Wildman–Crippen MR) is 99.4 cm³/mol. The van der Waals surface area contributed by atoms with Crippen molar-refractivity contribution in [2.45, 2.75) is 32.4 Å². The SMILES string of the molecule is CCNC(=O)NCc1cccc2c1C(=O)N([C@H]1CCC(=O)NC1=O)C2=O.S. The zero-order valence-electron chi connectivity index (χ0n) is 14.6. The summed E-state index contributed by atoms with van der Waals surface area (Å²) in [6, 6.07) is 3.38. The van der Waals surface area contributed by atoms with Gasteiger partial charge in [-0.2, -0.15) is 13.5 Å². The number of hydrogen-bond donors (Lipinski definition) is 3. The lowest BCUT2D eigenvalue weighted by Gasteiger charge is -2.27. The summed E-state index contributed by atoms with van der Waals surface area (Å²) < 4.78 is 0. The maximum absolute atomic E-state index is 12.8. The second-order valence-electron chi connectivity index (χ2n) is 6.00. The Morgan fingerprint density at radius 2 is 1.93 bits per heavy atom. The fourth-order valence-electron chi connectivity index (χ4n) is 3.13. The lowest BCUT2D eigenvalue weighted by atomic mass is 10.0. The normalized spacial score (nSPS) is 18.6. The third kappa shape index (κ3) is 3.80. The molecule has 6 amide bonds. The maximum atomic E-state index is 12.8. The van der Waals surface area contributed by atoms with Gasteiger partial charge in [0.1, 0.15) is 6.04 Å². The quantitative estimate of drug-likeness (QED) is 0.623. The van der Waals surface area contributed by atoms with E-state index in [-0.39, 0.29) is 50.0 Å². The molecule has 2 aliphatic rings. The molecular formula is C17H20N4O5S. The highest BCUT2D eigenvalue weighted by Crippen LogP contribution is 2.29. The fourth-order valence-corrected chi connectivity index (χ4v) is 3.13. The average Bonchev–Trinajstić information content (AvgIpc) is 2.85. The number of hydrogen-bond acceptors (Lipinski definition) is 5. The van der Waals surface area contributed by atoms with Crippen molar-refractivity contribution in [2.75, 3.05) is 6.54 Å². The molecule has 27 heavy (non-hydrogen) atoms. The minimum absolute atomic E-state index is 0. The van der Waals surface area contributed by atoms with Crippen molar-refractivity contribution in [1.29, 1.82) is 0 Å². The van der Waals surface area contributed by atoms with Gasteiger partial charge in [-0.15, -0.1) is 0 Å². The van der Waals surface area contributed by atoms with Crippen LogP contribution in [0.4, 0.5) is 4.79 Å². The first kappa shape index (κ1) is 20.4. The van der Waals surface area contributed by atoms with Crippen molar-refractivity contribution >= 4 is 43.2 Å². The summed E-state index contributed by atoms with van der Waals surface area (Å²) in [5.41, 5.74) is 0.857. The second kappa shape index (κ2) is 8.21. The van der Waals surface area contributed by atoms with Crippen LogP contribution in [0, 0.1) is 0 Å². The van der Waals surface area contributed by atoms with Gasteiger partial charge in [-0.25, -0.2) is 4.79 Å². The Balaban J connectivity index is 0.00000261. The molecule has 0 aromatic heterocycles. The van der Waals surface area contributed by atoms with Gasteiger partial charge in [-0.05, 0) is 25.0 Å². The molecule has 1 saturated heterocycles. The number of imide groups is 2. The van der Waals surface area contributed by atoms with E-state index in [2.05, 4.69) is 16.0 Å². The number of piperidine rings is 1. The Hall–Kier alpha value is -2.88. The third-order valence-corrected chi connectivity index (χ3v) is 4.33. The van der Waals surface area contributed by atoms with Crippen LogP contribution in [-0.4, -0.2) is 47.1 Å². The minimum Gasteiger partial charge on any atom is -0.338 e. The predicted octanol–water partition coefficient (Wildman–Crippen LogP) is 0.0197. The summed E-state index contributed by atoms with van der Waals surface area (Å²) >= 11 is 0. The van der Waals surface area contributed by atoms with Crippen LogP contribution in [0.5, 0.6) is 0 Å². The lowest BCUT2D eigenvalue weighted by Crippen LogP contribution is -2.54. The van der Waals surface area contributed by atoms with Crippen molar-refractivity contribution in [3.8, 4) is 0 Å². The van der Waals surface area contributed by atoms with Crippen molar-refractivity contribution in [1.82, 2.24) is 20.9 Å². The summed E-state index contributed by atoms with van der Waals surface area (Å²) in [6.07, 6.45) is 0.165. The van der Waals surface area contributed by atoms with Crippen LogP contribution in [-0.2, 0) is 16.1 Å². The summed E-state index contributed by atoms with van der Waals surface area (Å²) in [7, 11) is 0. The van der Waals surface area contributed by atoms with Gasteiger partial charge in [0.2, 0.25) is 11.8 Å². The molecular weight excluding hydrogens is 372 g/mol. The van der Waals surface area contributed by atoms with Crippen LogP contribution >= 0.6 is 13.5 Å². The number of carbonyl (C=O) groups is 5. The number of nitrogens with zero attached hydrogens (tertiary/aromatic N) is 1. The van der Waals surface area contributed by atoms with E-state index in [0.717, 1.165) is 4.90 Å². The zero-order valence-corrected chi connectivity index (χ0v) is 15.6. The fraction of sp³-hybridized carbons (Fsp3) is 0.353. The highest BCUT2D eigenvalue weighted by atomic mass is 32.1. The van der Waals surface area contributed by atoms with Gasteiger partial charge in [0.05, 0.1) is 11.1 Å². The molecule has 0 unspecified atom stereocenters. The number of amides is 6. The number of rotatable bonds is 4. The number of benzene rings is 1. The minimum atomic E-state index is -1.01. The second-order valence-corrected chi connectivity index (χ2v) is 6.00. The molecule has 0 aliphatic carbocycles. The van der Waals surface area contributed by atoms with Crippen LogP contribution in [0.25, 0.3) is 0 Å². The smallest absolute Gasteiger partial charge is 0.315 e. The van der Waals surface area contributed by atoms with Crippen LogP contribution in [0.2, 0.25) is 0 Å². The number of fused-ring (bicyclic) bond motifs is 1. The van der Waals surface area contributed by atoms with Gasteiger partial charge < -0.3 is 10.6 Å². The summed E-state index contributed by atoms with van der Waals surface area (Å²) in [4.78, 5) is 61.4. The van der Waals surface area contributed by atoms with Gasteiger partial charge in [0.25, 0.3) is 11.8 Å². The Morgan fingerprint density at radius 3 is 2.59 bits per heavy atom. The van der Waals surface area contributed by atoms with E-state index in [0.29, 0.717) is 12.1 Å². The topological polar surface area (TPSA) is 125 Å². The molecule has 3 rings (SSSR count). The van der Waals surface area contributed by atoms with E-state index in [9.17, 15) is 24.0 Å². The van der Waals surface area contributed by atoms with Gasteiger partial charge >= 0.3 is 6.03 Å². The molecule has 0 radical (unpaired) electrons. The van der Waals surface area contributed by atoms with Crippen molar-refractivity contribution in [3.05, 3.63) is 34.9 Å². The molecule has 1 atom stereocenters. The van der Waals surface area contributed by atoms with Gasteiger partial charge in [0.15, 0.2) is 0 Å². The van der Waals surface area contributed by atoms with E-state index >= 15 is 0 Å². The Bertz CT molecular complexity index is 826. The number of urea groups is 1. The average molecular weight is 392 g/mol. The highest BCUT2D eigenvalue weighted by molar-refractivity contribution is 7.59. The molecule has 0 bridgehead atoms. The van der Waals surface area contributed by atoms with E-state index in [1.165, 1.54) is 6.07 Å². The summed E-state index contributed by atoms with van der Waals surface area (Å²) in [5.74, 6) is -2.24.